The van der Waals surface area contributed by atoms with E-state index in [0.717, 1.165) is 21.5 Å². The highest BCUT2D eigenvalue weighted by atomic mass is 32.1. The van der Waals surface area contributed by atoms with E-state index in [4.69, 9.17) is 0 Å². The van der Waals surface area contributed by atoms with Crippen molar-refractivity contribution in [1.82, 2.24) is 4.98 Å². The van der Waals surface area contributed by atoms with Crippen molar-refractivity contribution in [3.8, 4) is 6.07 Å². The molecule has 1 N–H and O–H groups in total. The summed E-state index contributed by atoms with van der Waals surface area (Å²) in [5.74, 6) is -0.235. The predicted molar refractivity (Wildman–Crippen MR) is 85.3 cm³/mol. The second-order valence-electron chi connectivity index (χ2n) is 4.68. The number of hydrogen-bond acceptors (Lipinski definition) is 3. The number of Topliss-reactive ketones (excluding diaryl/α,β-unsaturated/α-hetero) is 1. The number of nitrogens with zero attached hydrogens (tertiary/aromatic N) is 1. The maximum Gasteiger partial charge on any atom is 0.206 e. The fourth-order valence-electron chi connectivity index (χ4n) is 2.37. The van der Waals surface area contributed by atoms with Crippen LogP contribution in [0.25, 0.3) is 17.0 Å². The summed E-state index contributed by atoms with van der Waals surface area (Å²) in [5.41, 5.74) is 2.43. The Morgan fingerprint density at radius 3 is 2.81 bits per heavy atom. The minimum absolute atomic E-state index is 0.158. The Bertz CT molecular complexity index is 879. The lowest BCUT2D eigenvalue weighted by Gasteiger charge is -1.99. The van der Waals surface area contributed by atoms with Crippen LogP contribution < -0.4 is 0 Å². The predicted octanol–water partition coefficient (Wildman–Crippen LogP) is 4.33. The van der Waals surface area contributed by atoms with E-state index in [-0.39, 0.29) is 11.4 Å². The van der Waals surface area contributed by atoms with Gasteiger partial charge in [0, 0.05) is 21.5 Å². The van der Waals surface area contributed by atoms with Crippen molar-refractivity contribution < 1.29 is 4.79 Å². The van der Waals surface area contributed by atoms with Crippen LogP contribution in [-0.2, 0) is 0 Å². The van der Waals surface area contributed by atoms with Gasteiger partial charge < -0.3 is 4.98 Å². The number of carbonyl (C=O) groups is 1. The van der Waals surface area contributed by atoms with Crippen molar-refractivity contribution in [2.24, 2.45) is 0 Å². The molecule has 0 unspecified atom stereocenters. The number of rotatable bonds is 3. The van der Waals surface area contributed by atoms with E-state index in [1.54, 1.807) is 6.08 Å². The molecule has 102 valence electrons. The van der Waals surface area contributed by atoms with Gasteiger partial charge in [-0.25, -0.2) is 0 Å². The summed E-state index contributed by atoms with van der Waals surface area (Å²) < 4.78 is 0. The summed E-state index contributed by atoms with van der Waals surface area (Å²) in [6.07, 6.45) is 1.65. The monoisotopic (exact) mass is 292 g/mol. The molecule has 2 aromatic heterocycles. The zero-order valence-corrected chi connectivity index (χ0v) is 12.2. The molecule has 0 atom stereocenters. The molecule has 0 saturated heterocycles. The number of aromatic amines is 1. The summed E-state index contributed by atoms with van der Waals surface area (Å²) in [7, 11) is 0. The molecule has 0 spiro atoms. The average Bonchev–Trinajstić information content (AvgIpc) is 3.10. The van der Waals surface area contributed by atoms with E-state index in [9.17, 15) is 10.1 Å². The number of benzene rings is 1. The number of ketones is 1. The van der Waals surface area contributed by atoms with E-state index < -0.39 is 0 Å². The van der Waals surface area contributed by atoms with Gasteiger partial charge in [0.05, 0.1) is 5.56 Å². The Balaban J connectivity index is 2.12. The number of fused-ring (bicyclic) bond motifs is 1. The van der Waals surface area contributed by atoms with Gasteiger partial charge in [0.15, 0.2) is 0 Å². The maximum absolute atomic E-state index is 12.7. The summed E-state index contributed by atoms with van der Waals surface area (Å²) in [4.78, 5) is 16.8. The van der Waals surface area contributed by atoms with Crippen LogP contribution in [0, 0.1) is 18.3 Å². The second kappa shape index (κ2) is 5.39. The van der Waals surface area contributed by atoms with E-state index in [1.165, 1.54) is 11.3 Å². The number of nitrogens with one attached hydrogen (secondary N) is 1. The lowest BCUT2D eigenvalue weighted by molar-refractivity contribution is 0.104. The van der Waals surface area contributed by atoms with Crippen molar-refractivity contribution in [2.75, 3.05) is 0 Å². The van der Waals surface area contributed by atoms with Crippen LogP contribution in [0.3, 0.4) is 0 Å². The number of H-pyrrole nitrogens is 1. The van der Waals surface area contributed by atoms with Gasteiger partial charge in [-0.15, -0.1) is 11.3 Å². The fourth-order valence-corrected chi connectivity index (χ4v) is 3.03. The van der Waals surface area contributed by atoms with Crippen LogP contribution in [0.4, 0.5) is 0 Å². The molecule has 0 aliphatic carbocycles. The van der Waals surface area contributed by atoms with Gasteiger partial charge in [-0.3, -0.25) is 4.79 Å². The number of carbonyl (C=O) groups excluding carboxylic acids is 1. The Morgan fingerprint density at radius 2 is 2.10 bits per heavy atom. The molecular weight excluding hydrogens is 280 g/mol. The highest BCUT2D eigenvalue weighted by Gasteiger charge is 2.19. The normalized spacial score (nSPS) is 11.5. The third-order valence-electron chi connectivity index (χ3n) is 3.32. The third kappa shape index (κ3) is 2.39. The zero-order valence-electron chi connectivity index (χ0n) is 11.4. The van der Waals surface area contributed by atoms with E-state index in [0.29, 0.717) is 5.56 Å². The van der Waals surface area contributed by atoms with Crippen LogP contribution >= 0.6 is 11.3 Å². The molecule has 3 rings (SSSR count). The standard InChI is InChI=1S/C17H12N2OS/c1-11-16(14-6-2-3-7-15(14)19-11)17(20)12(10-18)9-13-5-4-8-21-13/h2-9,19H,1H3/b12-9-. The third-order valence-corrected chi connectivity index (χ3v) is 4.13. The number of para-hydroxylation sites is 1. The van der Waals surface area contributed by atoms with Gasteiger partial charge in [-0.2, -0.15) is 5.26 Å². The van der Waals surface area contributed by atoms with E-state index in [1.807, 2.05) is 54.8 Å². The van der Waals surface area contributed by atoms with Gasteiger partial charge >= 0.3 is 0 Å². The average molecular weight is 292 g/mol. The first-order chi connectivity index (χ1) is 10.2. The molecule has 0 amide bonds. The van der Waals surface area contributed by atoms with Gasteiger partial charge in [0.1, 0.15) is 11.6 Å². The van der Waals surface area contributed by atoms with Gasteiger partial charge in [0.25, 0.3) is 0 Å². The molecule has 3 aromatic rings. The van der Waals surface area contributed by atoms with Gasteiger partial charge in [0.2, 0.25) is 5.78 Å². The number of allylic oxidation sites excluding steroid dienone is 1. The molecule has 0 bridgehead atoms. The van der Waals surface area contributed by atoms with E-state index in [2.05, 4.69) is 4.98 Å². The Labute approximate surface area is 126 Å². The van der Waals surface area contributed by atoms with Crippen molar-refractivity contribution in [3.05, 3.63) is 63.5 Å². The molecule has 0 aliphatic rings. The van der Waals surface area contributed by atoms with Crippen LogP contribution in [0.15, 0.2) is 47.4 Å². The molecule has 2 heterocycles. The first-order valence-corrected chi connectivity index (χ1v) is 7.36. The smallest absolute Gasteiger partial charge is 0.206 e. The number of thiophene rings is 1. The van der Waals surface area contributed by atoms with Gasteiger partial charge in [-0.05, 0) is 30.5 Å². The summed E-state index contributed by atoms with van der Waals surface area (Å²) in [6, 6.07) is 13.4. The van der Waals surface area contributed by atoms with Crippen molar-refractivity contribution >= 4 is 34.1 Å². The van der Waals surface area contributed by atoms with Crippen LogP contribution in [0.2, 0.25) is 0 Å². The first-order valence-electron chi connectivity index (χ1n) is 6.48. The highest BCUT2D eigenvalue weighted by Crippen LogP contribution is 2.25. The van der Waals surface area contributed by atoms with Crippen molar-refractivity contribution in [3.63, 3.8) is 0 Å². The second-order valence-corrected chi connectivity index (χ2v) is 5.66. The minimum Gasteiger partial charge on any atom is -0.358 e. The lowest BCUT2D eigenvalue weighted by Crippen LogP contribution is -2.03. The zero-order chi connectivity index (χ0) is 14.8. The van der Waals surface area contributed by atoms with Crippen LogP contribution in [0.5, 0.6) is 0 Å². The number of aromatic nitrogens is 1. The molecule has 0 fully saturated rings. The first kappa shape index (κ1) is 13.3. The van der Waals surface area contributed by atoms with Gasteiger partial charge in [-0.1, -0.05) is 24.3 Å². The Hall–Kier alpha value is -2.64. The molecule has 4 heteroatoms. The number of aryl methyl sites for hydroxylation is 1. The summed E-state index contributed by atoms with van der Waals surface area (Å²) >= 11 is 1.50. The lowest BCUT2D eigenvalue weighted by atomic mass is 10.0. The van der Waals surface area contributed by atoms with Crippen molar-refractivity contribution in [2.45, 2.75) is 6.92 Å². The molecule has 1 aromatic carbocycles. The highest BCUT2D eigenvalue weighted by molar-refractivity contribution is 7.10. The number of hydrogen-bond donors (Lipinski definition) is 1. The number of nitriles is 1. The van der Waals surface area contributed by atoms with Crippen molar-refractivity contribution in [1.29, 1.82) is 5.26 Å². The van der Waals surface area contributed by atoms with Crippen LogP contribution in [-0.4, -0.2) is 10.8 Å². The largest absolute Gasteiger partial charge is 0.358 e. The summed E-state index contributed by atoms with van der Waals surface area (Å²) in [5, 5.41) is 12.1. The Morgan fingerprint density at radius 1 is 1.29 bits per heavy atom. The van der Waals surface area contributed by atoms with E-state index >= 15 is 0 Å². The molecule has 0 aliphatic heterocycles. The molecule has 3 nitrogen and oxygen atoms in total. The molecule has 0 radical (unpaired) electrons. The molecule has 21 heavy (non-hydrogen) atoms. The maximum atomic E-state index is 12.7. The fraction of sp³-hybridized carbons (Fsp3) is 0.0588. The summed E-state index contributed by atoms with van der Waals surface area (Å²) in [6.45, 7) is 1.85. The molecule has 0 saturated carbocycles. The topological polar surface area (TPSA) is 56.6 Å². The Kier molecular flexibility index (Phi) is 3.43. The quantitative estimate of drug-likeness (QED) is 0.444. The SMILES string of the molecule is Cc1[nH]c2ccccc2c1C(=O)/C(C#N)=C\c1cccs1. The minimum atomic E-state index is -0.235. The van der Waals surface area contributed by atoms with Crippen LogP contribution in [0.1, 0.15) is 20.9 Å². The molecular formula is C17H12N2OS.